The Morgan fingerprint density at radius 2 is 1.94 bits per heavy atom. The molecule has 1 aromatic heterocycles. The highest BCUT2D eigenvalue weighted by Gasteiger charge is 2.38. The van der Waals surface area contributed by atoms with Gasteiger partial charge >= 0.3 is 6.18 Å². The van der Waals surface area contributed by atoms with E-state index in [0.717, 1.165) is 6.54 Å². The van der Waals surface area contributed by atoms with E-state index in [1.165, 1.54) is 0 Å². The summed E-state index contributed by atoms with van der Waals surface area (Å²) in [5.41, 5.74) is 0. The summed E-state index contributed by atoms with van der Waals surface area (Å²) in [5, 5.41) is 6.35. The third kappa shape index (κ3) is 2.59. The van der Waals surface area contributed by atoms with Crippen molar-refractivity contribution in [3.8, 4) is 0 Å². The van der Waals surface area contributed by atoms with Gasteiger partial charge in [-0.3, -0.25) is 0 Å². The molecule has 2 atom stereocenters. The standard InChI is InChI=1S/C10H15F3N4S/c1-6-4-17(5-7(6)16(2)3)9-15-14-8(18-9)10(11,12)13/h6-7H,4-5H2,1-3H3. The first-order valence-corrected chi connectivity index (χ1v) is 6.42. The first-order valence-electron chi connectivity index (χ1n) is 5.61. The fraction of sp³-hybridized carbons (Fsp3) is 0.800. The van der Waals surface area contributed by atoms with Gasteiger partial charge in [-0.15, -0.1) is 10.2 Å². The zero-order valence-corrected chi connectivity index (χ0v) is 11.2. The Morgan fingerprint density at radius 3 is 2.39 bits per heavy atom. The highest BCUT2D eigenvalue weighted by Crippen LogP contribution is 2.36. The van der Waals surface area contributed by atoms with E-state index >= 15 is 0 Å². The second-order valence-electron chi connectivity index (χ2n) is 4.80. The summed E-state index contributed by atoms with van der Waals surface area (Å²) < 4.78 is 37.4. The third-order valence-electron chi connectivity index (χ3n) is 3.16. The molecule has 1 saturated heterocycles. The van der Waals surface area contributed by atoms with E-state index in [1.54, 1.807) is 0 Å². The summed E-state index contributed by atoms with van der Waals surface area (Å²) in [7, 11) is 3.96. The molecule has 0 bridgehead atoms. The van der Waals surface area contributed by atoms with Crippen LogP contribution in [-0.2, 0) is 6.18 Å². The molecule has 0 amide bonds. The van der Waals surface area contributed by atoms with Crippen molar-refractivity contribution in [3.63, 3.8) is 0 Å². The van der Waals surface area contributed by atoms with Crippen LogP contribution in [0.5, 0.6) is 0 Å². The average molecular weight is 280 g/mol. The van der Waals surface area contributed by atoms with E-state index in [0.29, 0.717) is 35.0 Å². The average Bonchev–Trinajstić information content (AvgIpc) is 2.81. The first-order chi connectivity index (χ1) is 8.29. The van der Waals surface area contributed by atoms with Crippen LogP contribution in [0, 0.1) is 5.92 Å². The van der Waals surface area contributed by atoms with Crippen LogP contribution in [0.25, 0.3) is 0 Å². The Balaban J connectivity index is 2.12. The predicted molar refractivity (Wildman–Crippen MR) is 63.8 cm³/mol. The molecule has 0 spiro atoms. The Labute approximate surface area is 107 Å². The maximum absolute atomic E-state index is 12.5. The van der Waals surface area contributed by atoms with Crippen molar-refractivity contribution in [2.24, 2.45) is 5.92 Å². The Bertz CT molecular complexity index is 418. The second-order valence-corrected chi connectivity index (χ2v) is 5.76. The van der Waals surface area contributed by atoms with Crippen molar-refractivity contribution in [1.29, 1.82) is 0 Å². The molecule has 0 aliphatic carbocycles. The molecule has 0 aromatic carbocycles. The van der Waals surface area contributed by atoms with E-state index in [-0.39, 0.29) is 0 Å². The lowest BCUT2D eigenvalue weighted by molar-refractivity contribution is -0.138. The minimum atomic E-state index is -4.40. The quantitative estimate of drug-likeness (QED) is 0.829. The van der Waals surface area contributed by atoms with Gasteiger partial charge in [-0.1, -0.05) is 18.3 Å². The number of nitrogens with zero attached hydrogens (tertiary/aromatic N) is 4. The van der Waals surface area contributed by atoms with E-state index in [4.69, 9.17) is 0 Å². The van der Waals surface area contributed by atoms with Crippen LogP contribution >= 0.6 is 11.3 Å². The highest BCUT2D eigenvalue weighted by atomic mass is 32.1. The van der Waals surface area contributed by atoms with Crippen molar-refractivity contribution < 1.29 is 13.2 Å². The van der Waals surface area contributed by atoms with Crippen LogP contribution in [0.3, 0.4) is 0 Å². The van der Waals surface area contributed by atoms with Crippen LogP contribution in [0.15, 0.2) is 0 Å². The molecule has 0 radical (unpaired) electrons. The topological polar surface area (TPSA) is 32.3 Å². The molecule has 1 aliphatic rings. The second kappa shape index (κ2) is 4.65. The molecule has 2 rings (SSSR count). The van der Waals surface area contributed by atoms with Gasteiger partial charge in [-0.2, -0.15) is 13.2 Å². The van der Waals surface area contributed by atoms with Crippen LogP contribution in [-0.4, -0.2) is 48.3 Å². The first kappa shape index (κ1) is 13.5. The van der Waals surface area contributed by atoms with Gasteiger partial charge in [0.05, 0.1) is 0 Å². The lowest BCUT2D eigenvalue weighted by Gasteiger charge is -2.22. The largest absolute Gasteiger partial charge is 0.445 e. The Morgan fingerprint density at radius 1 is 1.28 bits per heavy atom. The molecule has 4 nitrogen and oxygen atoms in total. The van der Waals surface area contributed by atoms with E-state index in [1.807, 2.05) is 19.0 Å². The number of rotatable bonds is 2. The highest BCUT2D eigenvalue weighted by molar-refractivity contribution is 7.15. The van der Waals surface area contributed by atoms with Gasteiger partial charge in [0, 0.05) is 19.1 Å². The van der Waals surface area contributed by atoms with Gasteiger partial charge in [0.15, 0.2) is 0 Å². The molecular weight excluding hydrogens is 265 g/mol. The monoisotopic (exact) mass is 280 g/mol. The van der Waals surface area contributed by atoms with Crippen molar-refractivity contribution >= 4 is 16.5 Å². The minimum Gasteiger partial charge on any atom is -0.345 e. The smallest absolute Gasteiger partial charge is 0.345 e. The molecular formula is C10H15F3N4S. The lowest BCUT2D eigenvalue weighted by atomic mass is 10.1. The van der Waals surface area contributed by atoms with Crippen molar-refractivity contribution in [2.75, 3.05) is 32.1 Å². The molecule has 18 heavy (non-hydrogen) atoms. The summed E-state index contributed by atoms with van der Waals surface area (Å²) in [5.74, 6) is 0.401. The van der Waals surface area contributed by atoms with Crippen LogP contribution in [0.2, 0.25) is 0 Å². The number of hydrogen-bond donors (Lipinski definition) is 0. The van der Waals surface area contributed by atoms with Gasteiger partial charge in [0.25, 0.3) is 0 Å². The molecule has 8 heteroatoms. The van der Waals surface area contributed by atoms with Gasteiger partial charge in [0.2, 0.25) is 10.1 Å². The van der Waals surface area contributed by atoms with Crippen LogP contribution in [0.4, 0.5) is 18.3 Å². The number of hydrogen-bond acceptors (Lipinski definition) is 5. The molecule has 1 aromatic rings. The number of halogens is 3. The molecule has 2 unspecified atom stereocenters. The lowest BCUT2D eigenvalue weighted by Crippen LogP contribution is -2.34. The molecule has 1 aliphatic heterocycles. The number of likely N-dealkylation sites (N-methyl/N-ethyl adjacent to an activating group) is 1. The zero-order chi connectivity index (χ0) is 13.5. The summed E-state index contributed by atoms with van der Waals surface area (Å²) in [6.07, 6.45) is -4.40. The van der Waals surface area contributed by atoms with Gasteiger partial charge in [0.1, 0.15) is 0 Å². The maximum atomic E-state index is 12.5. The predicted octanol–water partition coefficient (Wildman–Crippen LogP) is 1.94. The van der Waals surface area contributed by atoms with E-state index < -0.39 is 11.2 Å². The third-order valence-corrected chi connectivity index (χ3v) is 4.19. The summed E-state index contributed by atoms with van der Waals surface area (Å²) in [6, 6.07) is 0.336. The van der Waals surface area contributed by atoms with Crippen LogP contribution < -0.4 is 4.90 Å². The van der Waals surface area contributed by atoms with E-state index in [9.17, 15) is 13.2 Å². The van der Waals surface area contributed by atoms with Gasteiger partial charge < -0.3 is 9.80 Å². The van der Waals surface area contributed by atoms with Gasteiger partial charge in [-0.05, 0) is 20.0 Å². The SMILES string of the molecule is CC1CN(c2nnc(C(F)(F)F)s2)CC1N(C)C. The summed E-state index contributed by atoms with van der Waals surface area (Å²) in [6.45, 7) is 3.51. The van der Waals surface area contributed by atoms with Crippen LogP contribution in [0.1, 0.15) is 11.9 Å². The minimum absolute atomic E-state index is 0.336. The molecule has 0 N–H and O–H groups in total. The fourth-order valence-corrected chi connectivity index (χ4v) is 2.97. The van der Waals surface area contributed by atoms with E-state index in [2.05, 4.69) is 22.0 Å². The summed E-state index contributed by atoms with van der Waals surface area (Å²) in [4.78, 5) is 3.97. The van der Waals surface area contributed by atoms with Crippen molar-refractivity contribution in [1.82, 2.24) is 15.1 Å². The van der Waals surface area contributed by atoms with Gasteiger partial charge in [-0.25, -0.2) is 0 Å². The molecule has 102 valence electrons. The number of aromatic nitrogens is 2. The Hall–Kier alpha value is -0.890. The maximum Gasteiger partial charge on any atom is 0.445 e. The number of anilines is 1. The molecule has 1 fully saturated rings. The summed E-state index contributed by atoms with van der Waals surface area (Å²) >= 11 is 0.613. The Kier molecular flexibility index (Phi) is 3.50. The zero-order valence-electron chi connectivity index (χ0n) is 10.4. The van der Waals surface area contributed by atoms with Crippen molar-refractivity contribution in [3.05, 3.63) is 5.01 Å². The number of alkyl halides is 3. The molecule has 0 saturated carbocycles. The fourth-order valence-electron chi connectivity index (χ4n) is 2.24. The normalized spacial score (nSPS) is 25.2. The molecule has 2 heterocycles. The van der Waals surface area contributed by atoms with Crippen molar-refractivity contribution in [2.45, 2.75) is 19.1 Å².